The largest absolute Gasteiger partial charge is 0.375 e. The molecule has 1 aromatic heterocycles. The van der Waals surface area contributed by atoms with Gasteiger partial charge >= 0.3 is 0 Å². The highest BCUT2D eigenvalue weighted by Crippen LogP contribution is 2.25. The van der Waals surface area contributed by atoms with E-state index in [-0.39, 0.29) is 19.0 Å². The molecule has 3 rings (SSSR count). The smallest absolute Gasteiger partial charge is 0.254 e. The van der Waals surface area contributed by atoms with Gasteiger partial charge in [-0.2, -0.15) is 0 Å². The van der Waals surface area contributed by atoms with Crippen molar-refractivity contribution in [1.82, 2.24) is 15.2 Å². The molecule has 3 N–H and O–H groups in total. The number of nitrogens with zero attached hydrogens (tertiary/aromatic N) is 2. The summed E-state index contributed by atoms with van der Waals surface area (Å²) >= 11 is 1.28. The summed E-state index contributed by atoms with van der Waals surface area (Å²) in [6.07, 6.45) is 0. The van der Waals surface area contributed by atoms with Gasteiger partial charge in [0.05, 0.1) is 10.2 Å². The molecule has 0 unspecified atom stereocenters. The van der Waals surface area contributed by atoms with Crippen LogP contribution in [0.4, 0.5) is 5.13 Å². The van der Waals surface area contributed by atoms with Crippen molar-refractivity contribution in [1.29, 1.82) is 0 Å². The molecule has 102 valence electrons. The summed E-state index contributed by atoms with van der Waals surface area (Å²) in [6.45, 7) is -0.235. The van der Waals surface area contributed by atoms with Crippen molar-refractivity contribution in [2.45, 2.75) is 0 Å². The maximum atomic E-state index is 12.3. The molecule has 0 saturated carbocycles. The molecule has 0 spiro atoms. The van der Waals surface area contributed by atoms with E-state index in [1.54, 1.807) is 18.2 Å². The van der Waals surface area contributed by atoms with Gasteiger partial charge in [0.25, 0.3) is 5.91 Å². The number of hydrogen-bond acceptors (Lipinski definition) is 6. The van der Waals surface area contributed by atoms with Crippen molar-refractivity contribution in [3.8, 4) is 0 Å². The zero-order chi connectivity index (χ0) is 14.3. The molecule has 2 heterocycles. The Morgan fingerprint density at radius 1 is 1.30 bits per heavy atom. The Balaban J connectivity index is 1.91. The van der Waals surface area contributed by atoms with E-state index in [0.717, 1.165) is 10.2 Å². The number of imide groups is 1. The highest BCUT2D eigenvalue weighted by Gasteiger charge is 2.27. The molecule has 3 amide bonds. The lowest BCUT2D eigenvalue weighted by atomic mass is 10.1. The summed E-state index contributed by atoms with van der Waals surface area (Å²) < 4.78 is 0.793. The van der Waals surface area contributed by atoms with Gasteiger partial charge in [0.15, 0.2) is 5.13 Å². The van der Waals surface area contributed by atoms with Crippen LogP contribution >= 0.6 is 11.3 Å². The Morgan fingerprint density at radius 3 is 2.70 bits per heavy atom. The third-order valence-corrected chi connectivity index (χ3v) is 3.73. The van der Waals surface area contributed by atoms with Crippen LogP contribution in [0.1, 0.15) is 10.4 Å². The van der Waals surface area contributed by atoms with E-state index in [1.807, 2.05) is 0 Å². The summed E-state index contributed by atoms with van der Waals surface area (Å²) in [4.78, 5) is 40.2. The van der Waals surface area contributed by atoms with Crippen LogP contribution in [0.3, 0.4) is 0 Å². The van der Waals surface area contributed by atoms with Gasteiger partial charge in [-0.25, -0.2) is 4.98 Å². The van der Waals surface area contributed by atoms with Crippen molar-refractivity contribution in [3.05, 3.63) is 23.8 Å². The minimum absolute atomic E-state index is 0.118. The number of amides is 3. The van der Waals surface area contributed by atoms with Crippen LogP contribution in [-0.2, 0) is 9.59 Å². The SMILES string of the molecule is Nc1nc2ccc(C(=O)N3CC(=O)NC(=O)C3)cc2s1. The molecule has 7 nitrogen and oxygen atoms in total. The summed E-state index contributed by atoms with van der Waals surface area (Å²) in [5.41, 5.74) is 6.74. The minimum Gasteiger partial charge on any atom is -0.375 e. The number of carbonyl (C=O) groups is 3. The van der Waals surface area contributed by atoms with Crippen LogP contribution in [-0.4, -0.2) is 40.7 Å². The molecule has 1 aliphatic rings. The van der Waals surface area contributed by atoms with E-state index in [9.17, 15) is 14.4 Å². The Bertz CT molecular complexity index is 723. The van der Waals surface area contributed by atoms with Crippen LogP contribution < -0.4 is 11.1 Å². The van der Waals surface area contributed by atoms with Gasteiger partial charge in [0.1, 0.15) is 13.1 Å². The number of nitrogen functional groups attached to an aromatic ring is 1. The molecule has 20 heavy (non-hydrogen) atoms. The Hall–Kier alpha value is -2.48. The lowest BCUT2D eigenvalue weighted by molar-refractivity contribution is -0.135. The fourth-order valence-corrected chi connectivity index (χ4v) is 2.81. The van der Waals surface area contributed by atoms with Gasteiger partial charge in [0, 0.05) is 5.56 Å². The van der Waals surface area contributed by atoms with E-state index >= 15 is 0 Å². The molecule has 1 fully saturated rings. The first-order valence-electron chi connectivity index (χ1n) is 5.81. The lowest BCUT2D eigenvalue weighted by Crippen LogP contribution is -2.53. The number of hydrogen-bond donors (Lipinski definition) is 2. The van der Waals surface area contributed by atoms with Crippen molar-refractivity contribution in [3.63, 3.8) is 0 Å². The molecule has 0 bridgehead atoms. The fourth-order valence-electron chi connectivity index (χ4n) is 2.04. The number of nitrogens with two attached hydrogens (primary N) is 1. The van der Waals surface area contributed by atoms with Gasteiger partial charge in [-0.05, 0) is 18.2 Å². The Kier molecular flexibility index (Phi) is 2.87. The zero-order valence-electron chi connectivity index (χ0n) is 10.3. The van der Waals surface area contributed by atoms with Gasteiger partial charge in [-0.1, -0.05) is 11.3 Å². The van der Waals surface area contributed by atoms with E-state index < -0.39 is 11.8 Å². The van der Waals surface area contributed by atoms with Crippen LogP contribution in [0.5, 0.6) is 0 Å². The molecule has 2 aromatic rings. The molecular weight excluding hydrogens is 280 g/mol. The number of rotatable bonds is 1. The number of anilines is 1. The number of nitrogens with one attached hydrogen (secondary N) is 1. The Labute approximate surface area is 117 Å². The summed E-state index contributed by atoms with van der Waals surface area (Å²) in [5, 5.41) is 2.58. The van der Waals surface area contributed by atoms with E-state index in [1.165, 1.54) is 16.2 Å². The maximum absolute atomic E-state index is 12.3. The standard InChI is InChI=1S/C12H10N4O3S/c13-12-14-7-2-1-6(3-8(7)20-12)11(19)16-4-9(17)15-10(18)5-16/h1-3H,4-5H2,(H2,13,14)(H,15,17,18). The second-order valence-corrected chi connectivity index (χ2v) is 5.43. The van der Waals surface area contributed by atoms with E-state index in [4.69, 9.17) is 5.73 Å². The van der Waals surface area contributed by atoms with Crippen molar-refractivity contribution in [2.75, 3.05) is 18.8 Å². The molecule has 1 saturated heterocycles. The number of fused-ring (bicyclic) bond motifs is 1. The lowest BCUT2D eigenvalue weighted by Gasteiger charge is -2.25. The molecule has 8 heteroatoms. The van der Waals surface area contributed by atoms with Crippen LogP contribution in [0.15, 0.2) is 18.2 Å². The van der Waals surface area contributed by atoms with Gasteiger partial charge < -0.3 is 10.6 Å². The topological polar surface area (TPSA) is 105 Å². The Morgan fingerprint density at radius 2 is 2.00 bits per heavy atom. The second-order valence-electron chi connectivity index (χ2n) is 4.37. The second kappa shape index (κ2) is 4.57. The van der Waals surface area contributed by atoms with Crippen LogP contribution in [0.2, 0.25) is 0 Å². The molecule has 1 aliphatic heterocycles. The summed E-state index contributed by atoms with van der Waals surface area (Å²) in [7, 11) is 0. The zero-order valence-corrected chi connectivity index (χ0v) is 11.1. The molecule has 0 atom stereocenters. The molecule has 0 aliphatic carbocycles. The molecular formula is C12H10N4O3S. The quantitative estimate of drug-likeness (QED) is 0.718. The summed E-state index contributed by atoms with van der Waals surface area (Å²) in [6, 6.07) is 4.98. The number of aromatic nitrogens is 1. The van der Waals surface area contributed by atoms with Crippen molar-refractivity contribution in [2.24, 2.45) is 0 Å². The first kappa shape index (κ1) is 12.5. The predicted octanol–water partition coefficient (Wildman–Crippen LogP) is -0.0229. The number of carbonyl (C=O) groups excluding carboxylic acids is 3. The average molecular weight is 290 g/mol. The first-order valence-corrected chi connectivity index (χ1v) is 6.62. The minimum atomic E-state index is -0.474. The third-order valence-electron chi connectivity index (χ3n) is 2.89. The average Bonchev–Trinajstić information content (AvgIpc) is 2.75. The van der Waals surface area contributed by atoms with Gasteiger partial charge in [-0.15, -0.1) is 0 Å². The number of piperazine rings is 1. The van der Waals surface area contributed by atoms with Crippen molar-refractivity contribution < 1.29 is 14.4 Å². The highest BCUT2D eigenvalue weighted by atomic mass is 32.1. The van der Waals surface area contributed by atoms with E-state index in [0.29, 0.717) is 10.7 Å². The van der Waals surface area contributed by atoms with E-state index in [2.05, 4.69) is 10.3 Å². The normalized spacial score (nSPS) is 15.5. The molecule has 1 aromatic carbocycles. The third kappa shape index (κ3) is 2.21. The van der Waals surface area contributed by atoms with Crippen molar-refractivity contribution >= 4 is 44.4 Å². The highest BCUT2D eigenvalue weighted by molar-refractivity contribution is 7.22. The fraction of sp³-hybridized carbons (Fsp3) is 0.167. The molecule has 0 radical (unpaired) electrons. The number of thiazole rings is 1. The predicted molar refractivity (Wildman–Crippen MR) is 73.1 cm³/mol. The maximum Gasteiger partial charge on any atom is 0.254 e. The van der Waals surface area contributed by atoms with Crippen LogP contribution in [0.25, 0.3) is 10.2 Å². The number of benzene rings is 1. The monoisotopic (exact) mass is 290 g/mol. The first-order chi connectivity index (χ1) is 9.52. The van der Waals surface area contributed by atoms with Crippen LogP contribution in [0, 0.1) is 0 Å². The van der Waals surface area contributed by atoms with Gasteiger partial charge in [0.2, 0.25) is 11.8 Å². The van der Waals surface area contributed by atoms with Gasteiger partial charge in [-0.3, -0.25) is 19.7 Å². The summed E-state index contributed by atoms with van der Waals surface area (Å²) in [5.74, 6) is -1.31.